The summed E-state index contributed by atoms with van der Waals surface area (Å²) in [7, 11) is 0. The van der Waals surface area contributed by atoms with Crippen LogP contribution in [0.3, 0.4) is 0 Å². The molecule has 0 aromatic heterocycles. The van der Waals surface area contributed by atoms with Crippen LogP contribution in [0.25, 0.3) is 0 Å². The Hall–Kier alpha value is -0.570. The van der Waals surface area contributed by atoms with E-state index in [1.54, 1.807) is 0 Å². The summed E-state index contributed by atoms with van der Waals surface area (Å²) in [5.41, 5.74) is 0. The van der Waals surface area contributed by atoms with Crippen LogP contribution < -0.4 is 0 Å². The molecule has 3 heteroatoms. The van der Waals surface area contributed by atoms with Gasteiger partial charge in [-0.2, -0.15) is 0 Å². The zero-order valence-electron chi connectivity index (χ0n) is 12.1. The fraction of sp³-hybridized carbons (Fsp3) is 0.929. The van der Waals surface area contributed by atoms with Gasteiger partial charge in [-0.25, -0.2) is 0 Å². The summed E-state index contributed by atoms with van der Waals surface area (Å²) in [4.78, 5) is 16.6. The van der Waals surface area contributed by atoms with Crippen LogP contribution >= 0.6 is 0 Å². The standard InChI is InChI=1S/C14H28N2O/c1-11(2)9-15(12(3)4)10-14(17)16-8-6-7-13(16)5/h11-13H,6-10H2,1-5H3. The van der Waals surface area contributed by atoms with Crippen molar-refractivity contribution < 1.29 is 4.79 Å². The van der Waals surface area contributed by atoms with Crippen molar-refractivity contribution in [3.8, 4) is 0 Å². The van der Waals surface area contributed by atoms with Crippen molar-refractivity contribution in [3.05, 3.63) is 0 Å². The molecule has 3 nitrogen and oxygen atoms in total. The summed E-state index contributed by atoms with van der Waals surface area (Å²) < 4.78 is 0. The normalized spacial score (nSPS) is 20.9. The van der Waals surface area contributed by atoms with Gasteiger partial charge in [0.15, 0.2) is 0 Å². The van der Waals surface area contributed by atoms with Crippen molar-refractivity contribution in [1.29, 1.82) is 0 Å². The molecule has 100 valence electrons. The molecule has 1 amide bonds. The van der Waals surface area contributed by atoms with E-state index in [4.69, 9.17) is 0 Å². The minimum absolute atomic E-state index is 0.310. The Bertz CT molecular complexity index is 251. The Morgan fingerprint density at radius 1 is 1.35 bits per heavy atom. The summed E-state index contributed by atoms with van der Waals surface area (Å²) >= 11 is 0. The average molecular weight is 240 g/mol. The van der Waals surface area contributed by atoms with Gasteiger partial charge in [0.2, 0.25) is 5.91 Å². The number of rotatable bonds is 5. The second kappa shape index (κ2) is 6.39. The monoisotopic (exact) mass is 240 g/mol. The molecule has 0 radical (unpaired) electrons. The Morgan fingerprint density at radius 2 is 2.00 bits per heavy atom. The van der Waals surface area contributed by atoms with E-state index in [1.165, 1.54) is 6.42 Å². The number of nitrogens with zero attached hydrogens (tertiary/aromatic N) is 2. The van der Waals surface area contributed by atoms with E-state index < -0.39 is 0 Å². The quantitative estimate of drug-likeness (QED) is 0.736. The molecule has 1 atom stereocenters. The van der Waals surface area contributed by atoms with Crippen LogP contribution in [-0.2, 0) is 4.79 Å². The fourth-order valence-electron chi connectivity index (χ4n) is 2.50. The minimum Gasteiger partial charge on any atom is -0.339 e. The lowest BCUT2D eigenvalue weighted by Gasteiger charge is -2.30. The van der Waals surface area contributed by atoms with Gasteiger partial charge in [0, 0.05) is 25.2 Å². The second-order valence-electron chi connectivity index (χ2n) is 6.00. The fourth-order valence-corrected chi connectivity index (χ4v) is 2.50. The van der Waals surface area contributed by atoms with Crippen molar-refractivity contribution in [2.45, 2.75) is 59.5 Å². The maximum Gasteiger partial charge on any atom is 0.236 e. The third-order valence-electron chi connectivity index (χ3n) is 3.54. The molecular weight excluding hydrogens is 212 g/mol. The van der Waals surface area contributed by atoms with Gasteiger partial charge in [-0.3, -0.25) is 9.69 Å². The lowest BCUT2D eigenvalue weighted by atomic mass is 10.1. The highest BCUT2D eigenvalue weighted by atomic mass is 16.2. The first-order valence-electron chi connectivity index (χ1n) is 6.95. The molecule has 1 fully saturated rings. The number of likely N-dealkylation sites (tertiary alicyclic amines) is 1. The molecule has 0 aromatic rings. The molecule has 0 N–H and O–H groups in total. The van der Waals surface area contributed by atoms with E-state index in [2.05, 4.69) is 44.4 Å². The van der Waals surface area contributed by atoms with Gasteiger partial charge in [0.05, 0.1) is 6.54 Å². The van der Waals surface area contributed by atoms with Crippen LogP contribution in [0.5, 0.6) is 0 Å². The van der Waals surface area contributed by atoms with Crippen molar-refractivity contribution in [3.63, 3.8) is 0 Å². The highest BCUT2D eigenvalue weighted by Gasteiger charge is 2.26. The molecular formula is C14H28N2O. The molecule has 1 rings (SSSR count). The molecule has 1 saturated heterocycles. The third kappa shape index (κ3) is 4.30. The summed E-state index contributed by atoms with van der Waals surface area (Å²) in [6.45, 7) is 13.5. The summed E-state index contributed by atoms with van der Waals surface area (Å²) in [5.74, 6) is 0.922. The van der Waals surface area contributed by atoms with Crippen molar-refractivity contribution >= 4 is 5.91 Å². The molecule has 1 aliphatic rings. The highest BCUT2D eigenvalue weighted by molar-refractivity contribution is 5.78. The predicted octanol–water partition coefficient (Wildman–Crippen LogP) is 2.36. The molecule has 0 bridgehead atoms. The molecule has 1 unspecified atom stereocenters. The first-order valence-corrected chi connectivity index (χ1v) is 6.95. The Balaban J connectivity index is 2.51. The molecule has 17 heavy (non-hydrogen) atoms. The van der Waals surface area contributed by atoms with Gasteiger partial charge in [0.25, 0.3) is 0 Å². The Kier molecular flexibility index (Phi) is 5.44. The molecule has 1 heterocycles. The maximum atomic E-state index is 12.2. The van der Waals surface area contributed by atoms with E-state index in [0.29, 0.717) is 30.5 Å². The van der Waals surface area contributed by atoms with Crippen LogP contribution in [0, 0.1) is 5.92 Å². The first-order chi connectivity index (χ1) is 7.91. The van der Waals surface area contributed by atoms with Gasteiger partial charge in [-0.1, -0.05) is 13.8 Å². The number of carbonyl (C=O) groups is 1. The maximum absolute atomic E-state index is 12.2. The minimum atomic E-state index is 0.310. The zero-order valence-corrected chi connectivity index (χ0v) is 12.1. The van der Waals surface area contributed by atoms with Gasteiger partial charge in [-0.05, 0) is 39.5 Å². The van der Waals surface area contributed by atoms with E-state index in [-0.39, 0.29) is 0 Å². The van der Waals surface area contributed by atoms with E-state index >= 15 is 0 Å². The summed E-state index contributed by atoms with van der Waals surface area (Å²) in [6, 6.07) is 0.884. The Morgan fingerprint density at radius 3 is 2.41 bits per heavy atom. The number of carbonyl (C=O) groups excluding carboxylic acids is 1. The van der Waals surface area contributed by atoms with Gasteiger partial charge in [0.1, 0.15) is 0 Å². The number of hydrogen-bond donors (Lipinski definition) is 0. The van der Waals surface area contributed by atoms with Crippen molar-refractivity contribution in [2.24, 2.45) is 5.92 Å². The van der Waals surface area contributed by atoms with Crippen molar-refractivity contribution in [1.82, 2.24) is 9.80 Å². The largest absolute Gasteiger partial charge is 0.339 e. The lowest BCUT2D eigenvalue weighted by molar-refractivity contribution is -0.133. The second-order valence-corrected chi connectivity index (χ2v) is 6.00. The SMILES string of the molecule is CC(C)CN(CC(=O)N1CCCC1C)C(C)C. The van der Waals surface area contributed by atoms with E-state index in [0.717, 1.165) is 19.5 Å². The lowest BCUT2D eigenvalue weighted by Crippen LogP contribution is -2.45. The zero-order chi connectivity index (χ0) is 13.0. The smallest absolute Gasteiger partial charge is 0.236 e. The summed E-state index contributed by atoms with van der Waals surface area (Å²) in [6.07, 6.45) is 2.33. The summed E-state index contributed by atoms with van der Waals surface area (Å²) in [5, 5.41) is 0. The third-order valence-corrected chi connectivity index (χ3v) is 3.54. The van der Waals surface area contributed by atoms with Crippen LogP contribution in [0.15, 0.2) is 0 Å². The molecule has 0 aliphatic carbocycles. The average Bonchev–Trinajstić information content (AvgIpc) is 2.62. The van der Waals surface area contributed by atoms with E-state index in [1.807, 2.05) is 0 Å². The molecule has 0 aromatic carbocycles. The molecule has 0 saturated carbocycles. The van der Waals surface area contributed by atoms with Crippen LogP contribution in [0.4, 0.5) is 0 Å². The van der Waals surface area contributed by atoms with Gasteiger partial charge >= 0.3 is 0 Å². The first kappa shape index (κ1) is 14.5. The van der Waals surface area contributed by atoms with Crippen molar-refractivity contribution in [2.75, 3.05) is 19.6 Å². The van der Waals surface area contributed by atoms with Crippen LogP contribution in [0.2, 0.25) is 0 Å². The topological polar surface area (TPSA) is 23.6 Å². The predicted molar refractivity (Wildman–Crippen MR) is 72.0 cm³/mol. The highest BCUT2D eigenvalue weighted by Crippen LogP contribution is 2.17. The molecule has 1 aliphatic heterocycles. The number of hydrogen-bond acceptors (Lipinski definition) is 2. The Labute approximate surface area is 106 Å². The molecule has 0 spiro atoms. The van der Waals surface area contributed by atoms with Gasteiger partial charge in [-0.15, -0.1) is 0 Å². The van der Waals surface area contributed by atoms with Crippen LogP contribution in [0.1, 0.15) is 47.5 Å². The van der Waals surface area contributed by atoms with Crippen LogP contribution in [-0.4, -0.2) is 47.4 Å². The van der Waals surface area contributed by atoms with Gasteiger partial charge < -0.3 is 4.90 Å². The number of amides is 1. The van der Waals surface area contributed by atoms with E-state index in [9.17, 15) is 4.79 Å².